The van der Waals surface area contributed by atoms with Crippen LogP contribution in [-0.2, 0) is 23.8 Å². The Morgan fingerprint density at radius 2 is 1.59 bits per heavy atom. The molecule has 2 rings (SSSR count). The van der Waals surface area contributed by atoms with Crippen LogP contribution in [0.25, 0.3) is 6.08 Å². The van der Waals surface area contributed by atoms with Crippen molar-refractivity contribution in [2.45, 2.75) is 0 Å². The first-order chi connectivity index (χ1) is 12.8. The summed E-state index contributed by atoms with van der Waals surface area (Å²) in [5.74, 6) is -4.87. The number of allylic oxidation sites excluding steroid dienone is 1. The Bertz CT molecular complexity index is 994. The fourth-order valence-electron chi connectivity index (χ4n) is 2.39. The number of nitrogens with one attached hydrogen (secondary N) is 1. The predicted octanol–water partition coefficient (Wildman–Crippen LogP) is -0.174. The molecule has 1 aromatic heterocycles. The van der Waals surface area contributed by atoms with Gasteiger partial charge in [0.05, 0.1) is 38.0 Å². The second-order valence-corrected chi connectivity index (χ2v) is 5.08. The monoisotopic (exact) mass is 375 g/mol. The van der Waals surface area contributed by atoms with Crippen LogP contribution in [-0.4, -0.2) is 55.8 Å². The molecule has 1 aliphatic carbocycles. The van der Waals surface area contributed by atoms with Crippen molar-refractivity contribution < 1.29 is 38.2 Å². The highest BCUT2D eigenvalue weighted by Gasteiger charge is 2.36. The van der Waals surface area contributed by atoms with Gasteiger partial charge >= 0.3 is 17.9 Å². The van der Waals surface area contributed by atoms with Crippen LogP contribution < -0.4 is 5.56 Å². The van der Waals surface area contributed by atoms with Crippen molar-refractivity contribution in [1.29, 1.82) is 0 Å². The first-order valence-corrected chi connectivity index (χ1v) is 7.30. The molecule has 0 amide bonds. The van der Waals surface area contributed by atoms with Gasteiger partial charge in [-0.15, -0.1) is 0 Å². The molecule has 140 valence electrons. The fourth-order valence-corrected chi connectivity index (χ4v) is 2.39. The van der Waals surface area contributed by atoms with E-state index in [9.17, 15) is 28.8 Å². The summed E-state index contributed by atoms with van der Waals surface area (Å²) in [5, 5.41) is 0. The van der Waals surface area contributed by atoms with Crippen molar-refractivity contribution in [1.82, 2.24) is 4.98 Å². The Hall–Kier alpha value is -3.82. The lowest BCUT2D eigenvalue weighted by molar-refractivity contribution is -0.136. The van der Waals surface area contributed by atoms with Crippen LogP contribution >= 0.6 is 0 Å². The third-order valence-corrected chi connectivity index (χ3v) is 3.63. The third kappa shape index (κ3) is 3.45. The number of carbonyl (C=O) groups excluding carboxylic acids is 5. The molecule has 1 aliphatic rings. The number of fused-ring (bicyclic) bond motifs is 1. The topological polar surface area (TPSA) is 146 Å². The quantitative estimate of drug-likeness (QED) is 0.328. The summed E-state index contributed by atoms with van der Waals surface area (Å²) in [5.41, 5.74) is -3.47. The van der Waals surface area contributed by atoms with Gasteiger partial charge in [0.15, 0.2) is 5.78 Å². The number of H-pyrrole nitrogens is 1. The Morgan fingerprint density at radius 3 is 2.15 bits per heavy atom. The second kappa shape index (κ2) is 7.60. The van der Waals surface area contributed by atoms with Gasteiger partial charge in [-0.3, -0.25) is 14.4 Å². The lowest BCUT2D eigenvalue weighted by Gasteiger charge is -2.17. The van der Waals surface area contributed by atoms with Crippen LogP contribution in [0, 0.1) is 0 Å². The predicted molar refractivity (Wildman–Crippen MR) is 88.2 cm³/mol. The molecule has 27 heavy (non-hydrogen) atoms. The van der Waals surface area contributed by atoms with E-state index < -0.39 is 57.4 Å². The minimum Gasteiger partial charge on any atom is -0.466 e. The summed E-state index contributed by atoms with van der Waals surface area (Å²) in [7, 11) is 3.13. The highest BCUT2D eigenvalue weighted by Crippen LogP contribution is 2.25. The average Bonchev–Trinajstić information content (AvgIpc) is 2.67. The first kappa shape index (κ1) is 19.5. The van der Waals surface area contributed by atoms with Crippen LogP contribution in [0.15, 0.2) is 22.5 Å². The zero-order valence-electron chi connectivity index (χ0n) is 14.4. The zero-order valence-corrected chi connectivity index (χ0v) is 14.4. The summed E-state index contributed by atoms with van der Waals surface area (Å²) in [6.45, 7) is 0. The lowest BCUT2D eigenvalue weighted by atomic mass is 9.88. The molecular formula is C17H13NO9. The zero-order chi connectivity index (χ0) is 20.3. The van der Waals surface area contributed by atoms with Gasteiger partial charge in [-0.05, 0) is 6.08 Å². The molecule has 0 bridgehead atoms. The van der Waals surface area contributed by atoms with Crippen molar-refractivity contribution >= 4 is 35.6 Å². The summed E-state index contributed by atoms with van der Waals surface area (Å²) in [6.07, 6.45) is 2.51. The van der Waals surface area contributed by atoms with Gasteiger partial charge in [-0.25, -0.2) is 14.4 Å². The molecule has 0 saturated carbocycles. The molecule has 0 aliphatic heterocycles. The number of ether oxygens (including phenoxy) is 3. The van der Waals surface area contributed by atoms with Crippen LogP contribution in [0.1, 0.15) is 36.8 Å². The number of pyridine rings is 1. The molecule has 0 spiro atoms. The number of esters is 3. The number of hydrogen-bond acceptors (Lipinski definition) is 9. The summed E-state index contributed by atoms with van der Waals surface area (Å²) >= 11 is 0. The summed E-state index contributed by atoms with van der Waals surface area (Å²) in [4.78, 5) is 74.6. The number of rotatable bonds is 4. The van der Waals surface area contributed by atoms with Gasteiger partial charge in [-0.1, -0.05) is 0 Å². The average molecular weight is 375 g/mol. The van der Waals surface area contributed by atoms with Crippen molar-refractivity contribution in [2.75, 3.05) is 21.3 Å². The number of carbonyl (C=O) groups is 5. The van der Waals surface area contributed by atoms with Crippen molar-refractivity contribution in [3.05, 3.63) is 50.5 Å². The van der Waals surface area contributed by atoms with Crippen molar-refractivity contribution in [2.24, 2.45) is 0 Å². The van der Waals surface area contributed by atoms with E-state index in [-0.39, 0.29) is 5.56 Å². The van der Waals surface area contributed by atoms with Crippen LogP contribution in [0.5, 0.6) is 0 Å². The van der Waals surface area contributed by atoms with E-state index >= 15 is 0 Å². The molecule has 0 atom stereocenters. The highest BCUT2D eigenvalue weighted by molar-refractivity contribution is 6.34. The van der Waals surface area contributed by atoms with Gasteiger partial charge in [0, 0.05) is 12.2 Å². The van der Waals surface area contributed by atoms with Crippen LogP contribution in [0.2, 0.25) is 0 Å². The number of Topliss-reactive ketones (excluding diaryl/α,β-unsaturated/α-hetero) is 1. The molecule has 1 N–H and O–H groups in total. The maximum absolute atomic E-state index is 12.5. The Balaban J connectivity index is 2.82. The van der Waals surface area contributed by atoms with Gasteiger partial charge in [-0.2, -0.15) is 0 Å². The maximum atomic E-state index is 12.5. The van der Waals surface area contributed by atoms with E-state index in [2.05, 4.69) is 19.2 Å². The fraction of sp³-hybridized carbons (Fsp3) is 0.176. The molecule has 0 radical (unpaired) electrons. The largest absolute Gasteiger partial charge is 0.466 e. The molecular weight excluding hydrogens is 362 g/mol. The van der Waals surface area contributed by atoms with Crippen molar-refractivity contribution in [3.63, 3.8) is 0 Å². The maximum Gasteiger partial charge on any atom is 0.342 e. The van der Waals surface area contributed by atoms with Gasteiger partial charge in [0.1, 0.15) is 11.3 Å². The molecule has 0 saturated heterocycles. The van der Waals surface area contributed by atoms with Crippen LogP contribution in [0.4, 0.5) is 0 Å². The minimum absolute atomic E-state index is 0.387. The normalized spacial score (nSPS) is 13.1. The Labute approximate surface area is 151 Å². The second-order valence-electron chi connectivity index (χ2n) is 5.08. The number of methoxy groups -OCH3 is 3. The molecule has 1 heterocycles. The van der Waals surface area contributed by atoms with Crippen molar-refractivity contribution in [3.8, 4) is 0 Å². The summed E-state index contributed by atoms with van der Waals surface area (Å²) in [6, 6.07) is 0. The smallest absolute Gasteiger partial charge is 0.342 e. The molecule has 10 nitrogen and oxygen atoms in total. The number of ketones is 2. The molecule has 10 heteroatoms. The number of aromatic amines is 1. The Morgan fingerprint density at radius 1 is 0.963 bits per heavy atom. The number of hydrogen-bond donors (Lipinski definition) is 1. The minimum atomic E-state index is -1.09. The summed E-state index contributed by atoms with van der Waals surface area (Å²) < 4.78 is 13.4. The highest BCUT2D eigenvalue weighted by atomic mass is 16.5. The SMILES string of the molecule is COC(=O)/C=C/c1c(C(=O)OC)c2c([nH]c1=O)C(=O)C(C(=O)OC)=CC2=O. The molecule has 0 unspecified atom stereocenters. The lowest BCUT2D eigenvalue weighted by Crippen LogP contribution is -2.31. The molecule has 0 aromatic carbocycles. The van der Waals surface area contributed by atoms with E-state index in [1.54, 1.807) is 0 Å². The van der Waals surface area contributed by atoms with Gasteiger partial charge < -0.3 is 19.2 Å². The van der Waals surface area contributed by atoms with E-state index in [0.29, 0.717) is 6.08 Å². The van der Waals surface area contributed by atoms with E-state index in [0.717, 1.165) is 33.5 Å². The van der Waals surface area contributed by atoms with Crippen LogP contribution in [0.3, 0.4) is 0 Å². The molecule has 1 aromatic rings. The standard InChI is InChI=1S/C17H13NO9/c1-25-10(20)5-4-7-11(17(24)27-3)12-9(19)6-8(16(23)26-2)14(21)13(12)18-15(7)22/h4-6H,1-3H3,(H,18,22)/b5-4+. The molecule has 0 fully saturated rings. The Kier molecular flexibility index (Phi) is 5.49. The third-order valence-electron chi connectivity index (χ3n) is 3.63. The van der Waals surface area contributed by atoms with E-state index in [1.165, 1.54) is 0 Å². The van der Waals surface area contributed by atoms with E-state index in [4.69, 9.17) is 0 Å². The van der Waals surface area contributed by atoms with E-state index in [1.807, 2.05) is 0 Å². The first-order valence-electron chi connectivity index (χ1n) is 7.30. The number of aromatic nitrogens is 1. The van der Waals surface area contributed by atoms with Gasteiger partial charge in [0.2, 0.25) is 5.78 Å². The van der Waals surface area contributed by atoms with Gasteiger partial charge in [0.25, 0.3) is 5.56 Å².